The molecule has 1 aromatic carbocycles. The summed E-state index contributed by atoms with van der Waals surface area (Å²) in [5.74, 6) is 0.711. The predicted molar refractivity (Wildman–Crippen MR) is 70.0 cm³/mol. The van der Waals surface area contributed by atoms with Gasteiger partial charge in [0.05, 0.1) is 0 Å². The first kappa shape index (κ1) is 14.4. The predicted octanol–water partition coefficient (Wildman–Crippen LogP) is 4.39. The molecule has 0 atom stereocenters. The quantitative estimate of drug-likeness (QED) is 0.725. The second-order valence-corrected chi connectivity index (χ2v) is 5.22. The van der Waals surface area contributed by atoms with Crippen LogP contribution in [-0.2, 0) is 6.54 Å². The molecule has 1 aliphatic carbocycles. The van der Waals surface area contributed by atoms with Gasteiger partial charge in [-0.15, -0.1) is 0 Å². The summed E-state index contributed by atoms with van der Waals surface area (Å²) >= 11 is 0. The van der Waals surface area contributed by atoms with Crippen LogP contribution in [0.1, 0.15) is 49.1 Å². The number of halogens is 3. The van der Waals surface area contributed by atoms with Crippen molar-refractivity contribution >= 4 is 0 Å². The molecule has 0 saturated heterocycles. The Labute approximate surface area is 112 Å². The smallest absolute Gasteiger partial charge is 0.313 e. The molecule has 106 valence electrons. The zero-order valence-corrected chi connectivity index (χ0v) is 11.0. The molecule has 19 heavy (non-hydrogen) atoms. The van der Waals surface area contributed by atoms with Gasteiger partial charge in [0.2, 0.25) is 0 Å². The first-order valence-electron chi connectivity index (χ1n) is 6.91. The number of benzene rings is 1. The molecular weight excluding hydrogens is 251 g/mol. The average Bonchev–Trinajstić information content (AvgIpc) is 3.17. The lowest BCUT2D eigenvalue weighted by atomic mass is 10.0. The fourth-order valence-electron chi connectivity index (χ4n) is 2.29. The largest absolute Gasteiger partial charge is 0.389 e. The second kappa shape index (κ2) is 6.42. The van der Waals surface area contributed by atoms with Gasteiger partial charge in [-0.2, -0.15) is 13.2 Å². The van der Waals surface area contributed by atoms with Crippen molar-refractivity contribution < 1.29 is 13.2 Å². The minimum Gasteiger partial charge on any atom is -0.313 e. The van der Waals surface area contributed by atoms with Gasteiger partial charge in [0.1, 0.15) is 0 Å². The molecule has 1 N–H and O–H groups in total. The summed E-state index contributed by atoms with van der Waals surface area (Å²) < 4.78 is 35.9. The lowest BCUT2D eigenvalue weighted by Crippen LogP contribution is -2.16. The first-order valence-corrected chi connectivity index (χ1v) is 6.91. The molecule has 1 nitrogen and oxygen atoms in total. The molecule has 1 fully saturated rings. The van der Waals surface area contributed by atoms with Gasteiger partial charge < -0.3 is 5.32 Å². The lowest BCUT2D eigenvalue weighted by molar-refractivity contribution is -0.135. The van der Waals surface area contributed by atoms with E-state index in [4.69, 9.17) is 0 Å². The molecule has 0 spiro atoms. The third-order valence-electron chi connectivity index (χ3n) is 3.45. The average molecular weight is 271 g/mol. The van der Waals surface area contributed by atoms with Crippen molar-refractivity contribution in [1.29, 1.82) is 0 Å². The van der Waals surface area contributed by atoms with Crippen LogP contribution in [0.25, 0.3) is 0 Å². The molecule has 1 aliphatic rings. The van der Waals surface area contributed by atoms with Gasteiger partial charge in [0.25, 0.3) is 0 Å². The van der Waals surface area contributed by atoms with Crippen molar-refractivity contribution in [3.63, 3.8) is 0 Å². The van der Waals surface area contributed by atoms with E-state index in [9.17, 15) is 13.2 Å². The molecule has 0 radical (unpaired) electrons. The molecule has 0 bridgehead atoms. The van der Waals surface area contributed by atoms with E-state index in [0.717, 1.165) is 6.54 Å². The van der Waals surface area contributed by atoms with E-state index < -0.39 is 12.6 Å². The number of hydrogen-bond donors (Lipinski definition) is 1. The van der Waals surface area contributed by atoms with E-state index in [1.165, 1.54) is 24.0 Å². The normalized spacial score (nSPS) is 15.7. The third kappa shape index (κ3) is 5.23. The summed E-state index contributed by atoms with van der Waals surface area (Å²) in [6, 6.07) is 8.35. The molecular formula is C15H20F3N. The van der Waals surface area contributed by atoms with Crippen molar-refractivity contribution in [1.82, 2.24) is 5.32 Å². The Bertz CT molecular complexity index is 397. The minimum atomic E-state index is -4.02. The van der Waals surface area contributed by atoms with E-state index in [2.05, 4.69) is 23.5 Å². The standard InChI is InChI=1S/C15H20F3N/c16-15(17,18)9-3-4-10-19-11-13-5-1-2-6-14(13)12-7-8-12/h1-2,5-6,12,19H,3-4,7-11H2. The number of alkyl halides is 3. The molecule has 1 aromatic rings. The summed E-state index contributed by atoms with van der Waals surface area (Å²) in [6.07, 6.45) is -1.37. The summed E-state index contributed by atoms with van der Waals surface area (Å²) in [6.45, 7) is 1.41. The van der Waals surface area contributed by atoms with Crippen LogP contribution in [0, 0.1) is 0 Å². The minimum absolute atomic E-state index is 0.209. The molecule has 0 amide bonds. The maximum Gasteiger partial charge on any atom is 0.389 e. The van der Waals surface area contributed by atoms with Crippen LogP contribution in [-0.4, -0.2) is 12.7 Å². The van der Waals surface area contributed by atoms with Crippen molar-refractivity contribution in [3.8, 4) is 0 Å². The van der Waals surface area contributed by atoms with Gasteiger partial charge in [-0.05, 0) is 49.3 Å². The highest BCUT2D eigenvalue weighted by Gasteiger charge is 2.26. The lowest BCUT2D eigenvalue weighted by Gasteiger charge is -2.10. The first-order chi connectivity index (χ1) is 9.06. The van der Waals surface area contributed by atoms with Crippen molar-refractivity contribution in [3.05, 3.63) is 35.4 Å². The van der Waals surface area contributed by atoms with Crippen molar-refractivity contribution in [2.75, 3.05) is 6.54 Å². The summed E-state index contributed by atoms with van der Waals surface area (Å²) in [5, 5.41) is 3.24. The van der Waals surface area contributed by atoms with Gasteiger partial charge in [0, 0.05) is 13.0 Å². The van der Waals surface area contributed by atoms with Gasteiger partial charge in [-0.3, -0.25) is 0 Å². The van der Waals surface area contributed by atoms with Crippen LogP contribution in [0.3, 0.4) is 0 Å². The van der Waals surface area contributed by atoms with Gasteiger partial charge in [-0.1, -0.05) is 24.3 Å². The number of unbranched alkanes of at least 4 members (excludes halogenated alkanes) is 1. The Morgan fingerprint density at radius 3 is 2.53 bits per heavy atom. The van der Waals surface area contributed by atoms with Crippen LogP contribution in [0.5, 0.6) is 0 Å². The van der Waals surface area contributed by atoms with Gasteiger partial charge in [-0.25, -0.2) is 0 Å². The highest BCUT2D eigenvalue weighted by Crippen LogP contribution is 2.41. The highest BCUT2D eigenvalue weighted by molar-refractivity contribution is 5.33. The van der Waals surface area contributed by atoms with E-state index in [1.54, 1.807) is 0 Å². The van der Waals surface area contributed by atoms with Gasteiger partial charge >= 0.3 is 6.18 Å². The van der Waals surface area contributed by atoms with Gasteiger partial charge in [0.15, 0.2) is 0 Å². The third-order valence-corrected chi connectivity index (χ3v) is 3.45. The Balaban J connectivity index is 1.66. The molecule has 0 aromatic heterocycles. The van der Waals surface area contributed by atoms with Crippen molar-refractivity contribution in [2.24, 2.45) is 0 Å². The summed E-state index contributed by atoms with van der Waals surface area (Å²) in [7, 11) is 0. The Kier molecular flexibility index (Phi) is 4.86. The van der Waals surface area contributed by atoms with E-state index >= 15 is 0 Å². The number of rotatable bonds is 7. The summed E-state index contributed by atoms with van der Waals surface area (Å²) in [4.78, 5) is 0. The second-order valence-electron chi connectivity index (χ2n) is 5.22. The van der Waals surface area contributed by atoms with Crippen LogP contribution < -0.4 is 5.32 Å². The van der Waals surface area contributed by atoms with Crippen LogP contribution >= 0.6 is 0 Å². The molecule has 0 heterocycles. The van der Waals surface area contributed by atoms with Crippen LogP contribution in [0.4, 0.5) is 13.2 Å². The highest BCUT2D eigenvalue weighted by atomic mass is 19.4. The van der Waals surface area contributed by atoms with E-state index in [0.29, 0.717) is 18.9 Å². The molecule has 0 unspecified atom stereocenters. The molecule has 1 saturated carbocycles. The maximum absolute atomic E-state index is 12.0. The van der Waals surface area contributed by atoms with Crippen molar-refractivity contribution in [2.45, 2.75) is 50.7 Å². The molecule has 0 aliphatic heterocycles. The Morgan fingerprint density at radius 1 is 1.11 bits per heavy atom. The van der Waals surface area contributed by atoms with E-state index in [-0.39, 0.29) is 6.42 Å². The topological polar surface area (TPSA) is 12.0 Å². The van der Waals surface area contributed by atoms with Crippen LogP contribution in [0.2, 0.25) is 0 Å². The fourth-order valence-corrected chi connectivity index (χ4v) is 2.29. The van der Waals surface area contributed by atoms with Crippen LogP contribution in [0.15, 0.2) is 24.3 Å². The Hall–Kier alpha value is -1.03. The maximum atomic E-state index is 12.0. The zero-order valence-electron chi connectivity index (χ0n) is 11.0. The molecule has 2 rings (SSSR count). The van der Waals surface area contributed by atoms with E-state index in [1.807, 2.05) is 6.07 Å². The SMILES string of the molecule is FC(F)(F)CCCCNCc1ccccc1C1CC1. The monoisotopic (exact) mass is 271 g/mol. The fraction of sp³-hybridized carbons (Fsp3) is 0.600. The number of nitrogens with one attached hydrogen (secondary N) is 1. The summed E-state index contributed by atoms with van der Waals surface area (Å²) in [5.41, 5.74) is 2.70. The number of hydrogen-bond acceptors (Lipinski definition) is 1. The zero-order chi connectivity index (χ0) is 13.7. The molecule has 4 heteroatoms. The Morgan fingerprint density at radius 2 is 1.84 bits per heavy atom.